The molecule has 0 unspecified atom stereocenters. The number of unbranched alkanes of at least 4 members (excludes halogenated alkanes) is 17. The maximum absolute atomic E-state index is 2.80. The SMILES string of the molecule is CCCCCCCCCCN(CCCCCCCC)CCCCCCCC.[Cl-].[H+]. The van der Waals surface area contributed by atoms with Crippen LogP contribution in [-0.4, -0.2) is 24.5 Å². The van der Waals surface area contributed by atoms with Gasteiger partial charge in [-0.1, -0.05) is 130 Å². The van der Waals surface area contributed by atoms with Crippen molar-refractivity contribution in [2.24, 2.45) is 0 Å². The summed E-state index contributed by atoms with van der Waals surface area (Å²) >= 11 is 0. The van der Waals surface area contributed by atoms with Crippen LogP contribution >= 0.6 is 0 Å². The number of hydrogen-bond acceptors (Lipinski definition) is 1. The Hall–Kier alpha value is 0.250. The van der Waals surface area contributed by atoms with E-state index in [1.54, 1.807) is 0 Å². The summed E-state index contributed by atoms with van der Waals surface area (Å²) in [4.78, 5) is 2.80. The van der Waals surface area contributed by atoms with Crippen LogP contribution in [0.1, 0.15) is 151 Å². The Bertz CT molecular complexity index is 247. The molecule has 2 heteroatoms. The van der Waals surface area contributed by atoms with Crippen molar-refractivity contribution >= 4 is 0 Å². The molecule has 0 aliphatic carbocycles. The normalized spacial score (nSPS) is 11.1. The average molecular weight is 418 g/mol. The van der Waals surface area contributed by atoms with Crippen molar-refractivity contribution in [2.75, 3.05) is 19.6 Å². The van der Waals surface area contributed by atoms with E-state index in [0.29, 0.717) is 0 Å². The minimum atomic E-state index is 0. The number of halogens is 1. The van der Waals surface area contributed by atoms with Gasteiger partial charge in [-0.25, -0.2) is 0 Å². The van der Waals surface area contributed by atoms with Gasteiger partial charge in [0.15, 0.2) is 0 Å². The van der Waals surface area contributed by atoms with E-state index in [0.717, 1.165) is 0 Å². The summed E-state index contributed by atoms with van der Waals surface area (Å²) in [5.74, 6) is 0. The fraction of sp³-hybridized carbons (Fsp3) is 1.00. The summed E-state index contributed by atoms with van der Waals surface area (Å²) < 4.78 is 0. The second-order valence-corrected chi connectivity index (χ2v) is 8.85. The van der Waals surface area contributed by atoms with Crippen LogP contribution in [0, 0.1) is 0 Å². The van der Waals surface area contributed by atoms with Crippen LogP contribution in [0.15, 0.2) is 0 Å². The lowest BCUT2D eigenvalue weighted by atomic mass is 10.1. The summed E-state index contributed by atoms with van der Waals surface area (Å²) in [5.41, 5.74) is 0. The fourth-order valence-corrected chi connectivity index (χ4v) is 4.04. The minimum absolute atomic E-state index is 0. The second-order valence-electron chi connectivity index (χ2n) is 8.85. The minimum Gasteiger partial charge on any atom is -1.00 e. The molecule has 0 aliphatic rings. The smallest absolute Gasteiger partial charge is 1.00 e. The molecule has 0 aromatic rings. The molecular weight excluding hydrogens is 362 g/mol. The molecule has 0 rings (SSSR count). The zero-order valence-corrected chi connectivity index (χ0v) is 20.8. The van der Waals surface area contributed by atoms with Gasteiger partial charge in [-0.05, 0) is 38.9 Å². The quantitative estimate of drug-likeness (QED) is 0.177. The molecule has 0 fully saturated rings. The van der Waals surface area contributed by atoms with Gasteiger partial charge in [0.25, 0.3) is 0 Å². The van der Waals surface area contributed by atoms with E-state index in [1.807, 2.05) is 0 Å². The Morgan fingerprint density at radius 3 is 0.821 bits per heavy atom. The summed E-state index contributed by atoms with van der Waals surface area (Å²) in [5, 5.41) is 0. The second kappa shape index (κ2) is 27.2. The van der Waals surface area contributed by atoms with Gasteiger partial charge < -0.3 is 17.3 Å². The molecule has 0 N–H and O–H groups in total. The van der Waals surface area contributed by atoms with Crippen LogP contribution in [-0.2, 0) is 0 Å². The van der Waals surface area contributed by atoms with Gasteiger partial charge in [0.1, 0.15) is 0 Å². The van der Waals surface area contributed by atoms with E-state index in [-0.39, 0.29) is 13.8 Å². The Labute approximate surface area is 187 Å². The van der Waals surface area contributed by atoms with Crippen molar-refractivity contribution in [3.63, 3.8) is 0 Å². The first kappa shape index (κ1) is 30.4. The zero-order chi connectivity index (χ0) is 19.8. The Morgan fingerprint density at radius 1 is 0.357 bits per heavy atom. The molecule has 0 aromatic heterocycles. The van der Waals surface area contributed by atoms with Crippen molar-refractivity contribution in [1.29, 1.82) is 0 Å². The maximum Gasteiger partial charge on any atom is 1.00 e. The molecule has 0 atom stereocenters. The number of rotatable bonds is 23. The van der Waals surface area contributed by atoms with E-state index in [4.69, 9.17) is 0 Å². The van der Waals surface area contributed by atoms with E-state index in [9.17, 15) is 0 Å². The van der Waals surface area contributed by atoms with Crippen molar-refractivity contribution < 1.29 is 13.8 Å². The summed E-state index contributed by atoms with van der Waals surface area (Å²) in [6, 6.07) is 0. The number of nitrogens with zero attached hydrogens (tertiary/aromatic N) is 1. The van der Waals surface area contributed by atoms with Gasteiger partial charge in [-0.2, -0.15) is 0 Å². The first-order valence-electron chi connectivity index (χ1n) is 13.1. The van der Waals surface area contributed by atoms with Crippen molar-refractivity contribution in [3.8, 4) is 0 Å². The molecule has 28 heavy (non-hydrogen) atoms. The lowest BCUT2D eigenvalue weighted by molar-refractivity contribution is -0.00000613. The lowest BCUT2D eigenvalue weighted by Gasteiger charge is -2.22. The first-order valence-corrected chi connectivity index (χ1v) is 13.1. The predicted molar refractivity (Wildman–Crippen MR) is 127 cm³/mol. The highest BCUT2D eigenvalue weighted by molar-refractivity contribution is 4.60. The lowest BCUT2D eigenvalue weighted by Crippen LogP contribution is -3.00. The monoisotopic (exact) mass is 417 g/mol. The Kier molecular flexibility index (Phi) is 29.6. The molecule has 0 aromatic carbocycles. The standard InChI is InChI=1S/C26H55N.ClH/c1-4-7-10-13-16-17-20-23-26-27(24-21-18-14-11-8-5-2)25-22-19-15-12-9-6-3;/h4-26H2,1-3H3;1H. The van der Waals surface area contributed by atoms with E-state index >= 15 is 0 Å². The molecule has 0 radical (unpaired) electrons. The van der Waals surface area contributed by atoms with Crippen LogP contribution < -0.4 is 12.4 Å². The van der Waals surface area contributed by atoms with Crippen molar-refractivity contribution in [2.45, 2.75) is 149 Å². The van der Waals surface area contributed by atoms with Gasteiger partial charge in [0.2, 0.25) is 0 Å². The van der Waals surface area contributed by atoms with Gasteiger partial charge in [-0.15, -0.1) is 0 Å². The van der Waals surface area contributed by atoms with Gasteiger partial charge >= 0.3 is 1.43 Å². The highest BCUT2D eigenvalue weighted by Gasteiger charge is 2.05. The van der Waals surface area contributed by atoms with E-state index in [1.165, 1.54) is 148 Å². The molecule has 0 bridgehead atoms. The third-order valence-electron chi connectivity index (χ3n) is 5.98. The van der Waals surface area contributed by atoms with Crippen LogP contribution in [0.3, 0.4) is 0 Å². The average Bonchev–Trinajstić information content (AvgIpc) is 2.68. The Balaban J connectivity index is -0.00000338. The summed E-state index contributed by atoms with van der Waals surface area (Å²) in [6.07, 6.45) is 28.7. The molecule has 0 spiro atoms. The molecule has 0 aliphatic heterocycles. The molecule has 172 valence electrons. The van der Waals surface area contributed by atoms with Crippen molar-refractivity contribution in [3.05, 3.63) is 0 Å². The van der Waals surface area contributed by atoms with Gasteiger partial charge in [0, 0.05) is 0 Å². The van der Waals surface area contributed by atoms with Crippen molar-refractivity contribution in [1.82, 2.24) is 4.90 Å². The Morgan fingerprint density at radius 2 is 0.571 bits per heavy atom. The van der Waals surface area contributed by atoms with Gasteiger partial charge in [-0.3, -0.25) is 0 Å². The van der Waals surface area contributed by atoms with Crippen LogP contribution in [0.2, 0.25) is 0 Å². The van der Waals surface area contributed by atoms with E-state index < -0.39 is 0 Å². The van der Waals surface area contributed by atoms with Crippen LogP contribution in [0.5, 0.6) is 0 Å². The third kappa shape index (κ3) is 24.3. The number of hydrogen-bond donors (Lipinski definition) is 0. The molecule has 0 heterocycles. The highest BCUT2D eigenvalue weighted by Crippen LogP contribution is 2.12. The zero-order valence-electron chi connectivity index (χ0n) is 21.1. The van der Waals surface area contributed by atoms with E-state index in [2.05, 4.69) is 25.7 Å². The summed E-state index contributed by atoms with van der Waals surface area (Å²) in [7, 11) is 0. The van der Waals surface area contributed by atoms with Crippen LogP contribution in [0.4, 0.5) is 0 Å². The predicted octanol–water partition coefficient (Wildman–Crippen LogP) is 6.27. The molecule has 1 nitrogen and oxygen atoms in total. The van der Waals surface area contributed by atoms with Crippen LogP contribution in [0.25, 0.3) is 0 Å². The topological polar surface area (TPSA) is 3.24 Å². The molecule has 0 saturated carbocycles. The largest absolute Gasteiger partial charge is 1.00 e. The molecular formula is C26H56ClN. The maximum atomic E-state index is 2.80. The summed E-state index contributed by atoms with van der Waals surface area (Å²) in [6.45, 7) is 11.0. The fourth-order valence-electron chi connectivity index (χ4n) is 4.04. The highest BCUT2D eigenvalue weighted by atomic mass is 35.5. The molecule has 0 saturated heterocycles. The first-order chi connectivity index (χ1) is 13.3. The third-order valence-corrected chi connectivity index (χ3v) is 5.98. The van der Waals surface area contributed by atoms with Gasteiger partial charge in [0.05, 0.1) is 0 Å². The molecule has 0 amide bonds.